The molecule has 1 aromatic heterocycles. The summed E-state index contributed by atoms with van der Waals surface area (Å²) in [5.74, 6) is 1.61. The molecule has 0 saturated carbocycles. The van der Waals surface area contributed by atoms with Crippen molar-refractivity contribution < 1.29 is 8.42 Å². The van der Waals surface area contributed by atoms with Crippen LogP contribution in [0.15, 0.2) is 30.5 Å². The zero-order valence-electron chi connectivity index (χ0n) is 13.7. The van der Waals surface area contributed by atoms with E-state index in [4.69, 9.17) is 0 Å². The highest BCUT2D eigenvalue weighted by Crippen LogP contribution is 2.26. The van der Waals surface area contributed by atoms with E-state index in [0.29, 0.717) is 24.1 Å². The van der Waals surface area contributed by atoms with Gasteiger partial charge in [-0.3, -0.25) is 0 Å². The molecule has 0 radical (unpaired) electrons. The highest BCUT2D eigenvalue weighted by molar-refractivity contribution is 7.91. The van der Waals surface area contributed by atoms with Gasteiger partial charge in [-0.05, 0) is 24.0 Å². The number of hydrogen-bond acceptors (Lipinski definition) is 7. The first kappa shape index (κ1) is 16.6. The van der Waals surface area contributed by atoms with Crippen LogP contribution in [-0.4, -0.2) is 41.1 Å². The third-order valence-corrected chi connectivity index (χ3v) is 5.74. The topological polar surface area (TPSA) is 96.9 Å². The number of para-hydroxylation sites is 1. The SMILES string of the molecule is CC(C)c1ccccc1Nc1cnnc(NC2CCS(=O)(=O)C2)n1. The number of anilines is 3. The second-order valence-corrected chi connectivity index (χ2v) is 8.51. The van der Waals surface area contributed by atoms with Crippen molar-refractivity contribution in [1.29, 1.82) is 0 Å². The molecule has 2 aromatic rings. The van der Waals surface area contributed by atoms with Crippen molar-refractivity contribution in [3.63, 3.8) is 0 Å². The van der Waals surface area contributed by atoms with Crippen LogP contribution in [0.5, 0.6) is 0 Å². The van der Waals surface area contributed by atoms with E-state index in [1.807, 2.05) is 18.2 Å². The number of aromatic nitrogens is 3. The molecule has 1 atom stereocenters. The highest BCUT2D eigenvalue weighted by Gasteiger charge is 2.28. The van der Waals surface area contributed by atoms with E-state index < -0.39 is 9.84 Å². The number of hydrogen-bond donors (Lipinski definition) is 2. The molecule has 128 valence electrons. The lowest BCUT2D eigenvalue weighted by atomic mass is 10.0. The average molecular weight is 347 g/mol. The van der Waals surface area contributed by atoms with Gasteiger partial charge in [-0.25, -0.2) is 8.42 Å². The number of benzene rings is 1. The molecule has 1 aliphatic rings. The molecule has 2 heterocycles. The van der Waals surface area contributed by atoms with Crippen molar-refractivity contribution in [2.45, 2.75) is 32.2 Å². The number of nitrogens with one attached hydrogen (secondary N) is 2. The van der Waals surface area contributed by atoms with Gasteiger partial charge in [-0.15, -0.1) is 5.10 Å². The standard InChI is InChI=1S/C16H21N5O2S/c1-11(2)13-5-3-4-6-14(13)19-15-9-17-21-16(20-15)18-12-7-8-24(22,23)10-12/h3-6,9,11-12H,7-8,10H2,1-2H3,(H2,18,19,20,21). The smallest absolute Gasteiger partial charge is 0.244 e. The molecular weight excluding hydrogens is 326 g/mol. The minimum absolute atomic E-state index is 0.115. The van der Waals surface area contributed by atoms with Crippen LogP contribution in [0.2, 0.25) is 0 Å². The van der Waals surface area contributed by atoms with Gasteiger partial charge in [0.25, 0.3) is 0 Å². The van der Waals surface area contributed by atoms with Crippen molar-refractivity contribution in [3.8, 4) is 0 Å². The average Bonchev–Trinajstić information content (AvgIpc) is 2.87. The number of nitrogens with zero attached hydrogens (tertiary/aromatic N) is 3. The largest absolute Gasteiger partial charge is 0.349 e. The van der Waals surface area contributed by atoms with Gasteiger partial charge < -0.3 is 10.6 Å². The molecule has 7 nitrogen and oxygen atoms in total. The molecule has 24 heavy (non-hydrogen) atoms. The summed E-state index contributed by atoms with van der Waals surface area (Å²) in [5, 5.41) is 14.2. The van der Waals surface area contributed by atoms with E-state index in [0.717, 1.165) is 5.69 Å². The monoisotopic (exact) mass is 347 g/mol. The third-order valence-electron chi connectivity index (χ3n) is 3.97. The Morgan fingerprint density at radius 1 is 1.25 bits per heavy atom. The Morgan fingerprint density at radius 3 is 2.75 bits per heavy atom. The van der Waals surface area contributed by atoms with E-state index in [1.54, 1.807) is 6.20 Å². The minimum atomic E-state index is -2.94. The first-order chi connectivity index (χ1) is 11.4. The van der Waals surface area contributed by atoms with Gasteiger partial charge in [0.1, 0.15) is 0 Å². The van der Waals surface area contributed by atoms with Crippen LogP contribution in [0, 0.1) is 0 Å². The molecule has 0 amide bonds. The predicted octanol–water partition coefficient (Wildman–Crippen LogP) is 2.34. The molecule has 0 spiro atoms. The molecule has 1 aliphatic heterocycles. The van der Waals surface area contributed by atoms with Gasteiger partial charge in [-0.1, -0.05) is 32.0 Å². The van der Waals surface area contributed by atoms with Crippen LogP contribution in [0.25, 0.3) is 0 Å². The fraction of sp³-hybridized carbons (Fsp3) is 0.438. The summed E-state index contributed by atoms with van der Waals surface area (Å²) in [4.78, 5) is 4.39. The Labute approximate surface area is 141 Å². The van der Waals surface area contributed by atoms with Crippen LogP contribution >= 0.6 is 0 Å². The Hall–Kier alpha value is -2.22. The summed E-state index contributed by atoms with van der Waals surface area (Å²) in [6.07, 6.45) is 2.12. The van der Waals surface area contributed by atoms with E-state index >= 15 is 0 Å². The highest BCUT2D eigenvalue weighted by atomic mass is 32.2. The lowest BCUT2D eigenvalue weighted by Crippen LogP contribution is -2.22. The predicted molar refractivity (Wildman–Crippen MR) is 94.3 cm³/mol. The van der Waals surface area contributed by atoms with Gasteiger partial charge in [0.2, 0.25) is 5.95 Å². The summed E-state index contributed by atoms with van der Waals surface area (Å²) in [6.45, 7) is 4.26. The molecule has 0 bridgehead atoms. The van der Waals surface area contributed by atoms with E-state index in [-0.39, 0.29) is 17.5 Å². The Morgan fingerprint density at radius 2 is 2.04 bits per heavy atom. The maximum Gasteiger partial charge on any atom is 0.244 e. The van der Waals surface area contributed by atoms with Crippen molar-refractivity contribution in [3.05, 3.63) is 36.0 Å². The normalized spacial score (nSPS) is 19.4. The number of rotatable bonds is 5. The van der Waals surface area contributed by atoms with Gasteiger partial charge in [-0.2, -0.15) is 10.1 Å². The summed E-state index contributed by atoms with van der Waals surface area (Å²) in [6, 6.07) is 7.88. The Balaban J connectivity index is 1.74. The maximum atomic E-state index is 11.5. The Kier molecular flexibility index (Phi) is 4.66. The van der Waals surface area contributed by atoms with Gasteiger partial charge >= 0.3 is 0 Å². The fourth-order valence-electron chi connectivity index (χ4n) is 2.77. The second kappa shape index (κ2) is 6.72. The van der Waals surface area contributed by atoms with Crippen LogP contribution in [-0.2, 0) is 9.84 Å². The van der Waals surface area contributed by atoms with Crippen LogP contribution in [0.1, 0.15) is 31.7 Å². The zero-order chi connectivity index (χ0) is 17.2. The summed E-state index contributed by atoms with van der Waals surface area (Å²) in [5.41, 5.74) is 2.16. The first-order valence-electron chi connectivity index (χ1n) is 7.95. The molecule has 8 heteroatoms. The van der Waals surface area contributed by atoms with Crippen molar-refractivity contribution in [2.24, 2.45) is 0 Å². The quantitative estimate of drug-likeness (QED) is 0.857. The summed E-state index contributed by atoms with van der Waals surface area (Å²) >= 11 is 0. The second-order valence-electron chi connectivity index (χ2n) is 6.28. The number of sulfone groups is 1. The lowest BCUT2D eigenvalue weighted by molar-refractivity contribution is 0.602. The third kappa shape index (κ3) is 4.00. The molecule has 1 aromatic carbocycles. The van der Waals surface area contributed by atoms with Crippen molar-refractivity contribution in [1.82, 2.24) is 15.2 Å². The van der Waals surface area contributed by atoms with Crippen LogP contribution in [0.3, 0.4) is 0 Å². The fourth-order valence-corrected chi connectivity index (χ4v) is 4.44. The molecule has 3 rings (SSSR count). The first-order valence-corrected chi connectivity index (χ1v) is 9.78. The van der Waals surface area contributed by atoms with Crippen LogP contribution < -0.4 is 10.6 Å². The molecule has 1 saturated heterocycles. The molecule has 0 aliphatic carbocycles. The van der Waals surface area contributed by atoms with Gasteiger partial charge in [0, 0.05) is 11.7 Å². The Bertz CT molecular complexity index is 823. The summed E-state index contributed by atoms with van der Waals surface area (Å²) in [7, 11) is -2.94. The molecule has 2 N–H and O–H groups in total. The van der Waals surface area contributed by atoms with Gasteiger partial charge in [0.05, 0.1) is 17.7 Å². The van der Waals surface area contributed by atoms with E-state index in [9.17, 15) is 8.42 Å². The van der Waals surface area contributed by atoms with Gasteiger partial charge in [0.15, 0.2) is 15.7 Å². The lowest BCUT2D eigenvalue weighted by Gasteiger charge is -2.15. The molecular formula is C16H21N5O2S. The molecule has 1 unspecified atom stereocenters. The van der Waals surface area contributed by atoms with Crippen LogP contribution in [0.4, 0.5) is 17.5 Å². The van der Waals surface area contributed by atoms with Crippen molar-refractivity contribution in [2.75, 3.05) is 22.1 Å². The van der Waals surface area contributed by atoms with E-state index in [1.165, 1.54) is 5.56 Å². The molecule has 1 fully saturated rings. The van der Waals surface area contributed by atoms with E-state index in [2.05, 4.69) is 45.7 Å². The zero-order valence-corrected chi connectivity index (χ0v) is 14.5. The minimum Gasteiger partial charge on any atom is -0.349 e. The van der Waals surface area contributed by atoms with Crippen molar-refractivity contribution >= 4 is 27.3 Å². The maximum absolute atomic E-state index is 11.5. The summed E-state index contributed by atoms with van der Waals surface area (Å²) < 4.78 is 23.1.